The van der Waals surface area contributed by atoms with Gasteiger partial charge in [-0.25, -0.2) is 5.11 Å². The number of rotatable bonds is 1. The fourth-order valence-electron chi connectivity index (χ4n) is 0.474. The summed E-state index contributed by atoms with van der Waals surface area (Å²) in [4.78, 5) is 0.810. The highest BCUT2D eigenvalue weighted by molar-refractivity contribution is 7.10. The lowest BCUT2D eigenvalue weighted by molar-refractivity contribution is 0.132. The zero-order chi connectivity index (χ0) is 5.98. The van der Waals surface area contributed by atoms with Gasteiger partial charge in [-0.1, -0.05) is 6.07 Å². The molecule has 0 N–H and O–H groups in total. The molecule has 0 saturated heterocycles. The van der Waals surface area contributed by atoms with Gasteiger partial charge >= 0.3 is 0 Å². The van der Waals surface area contributed by atoms with Crippen LogP contribution in [-0.4, -0.2) is 0 Å². The van der Waals surface area contributed by atoms with Gasteiger partial charge in [-0.15, -0.1) is 11.3 Å². The Morgan fingerprint density at radius 2 is 2.50 bits per heavy atom. The van der Waals surface area contributed by atoms with Crippen molar-refractivity contribution in [3.05, 3.63) is 29.3 Å². The second-order valence-electron chi connectivity index (χ2n) is 1.50. The summed E-state index contributed by atoms with van der Waals surface area (Å²) in [5, 5.41) is 12.4. The minimum atomic E-state index is -0.796. The van der Waals surface area contributed by atoms with Crippen molar-refractivity contribution in [2.75, 3.05) is 0 Å². The van der Waals surface area contributed by atoms with Crippen molar-refractivity contribution in [3.8, 4) is 0 Å². The van der Waals surface area contributed by atoms with Crippen molar-refractivity contribution in [3.63, 3.8) is 0 Å². The lowest BCUT2D eigenvalue weighted by atomic mass is 10.3. The Morgan fingerprint density at radius 1 is 1.75 bits per heavy atom. The molecule has 0 fully saturated rings. The van der Waals surface area contributed by atoms with Gasteiger partial charge in [0.25, 0.3) is 0 Å². The Labute approximate surface area is 52.6 Å². The number of thiophene rings is 1. The van der Waals surface area contributed by atoms with E-state index >= 15 is 0 Å². The van der Waals surface area contributed by atoms with Crippen molar-refractivity contribution in [1.29, 1.82) is 0 Å². The molecule has 42 valence electrons. The van der Waals surface area contributed by atoms with Crippen LogP contribution in [0.1, 0.15) is 11.0 Å². The molecule has 1 aromatic rings. The van der Waals surface area contributed by atoms with Crippen LogP contribution in [0.2, 0.25) is 0 Å². The van der Waals surface area contributed by atoms with Crippen molar-refractivity contribution in [2.24, 2.45) is 0 Å². The third kappa shape index (κ3) is 1.08. The molecule has 0 aliphatic heterocycles. The van der Waals surface area contributed by atoms with E-state index in [1.165, 1.54) is 11.3 Å². The first kappa shape index (κ1) is 5.79. The van der Waals surface area contributed by atoms with E-state index in [-0.39, 0.29) is 0 Å². The average Bonchev–Trinajstić information content (AvgIpc) is 2.12. The van der Waals surface area contributed by atoms with E-state index in [2.05, 4.69) is 6.92 Å². The van der Waals surface area contributed by atoms with Crippen LogP contribution in [0, 0.1) is 6.92 Å². The molecule has 2 radical (unpaired) electrons. The van der Waals surface area contributed by atoms with Crippen LogP contribution in [0.25, 0.3) is 0 Å². The smallest absolute Gasteiger partial charge is 0.127 e. The van der Waals surface area contributed by atoms with E-state index in [9.17, 15) is 5.11 Å². The zero-order valence-corrected chi connectivity index (χ0v) is 5.15. The van der Waals surface area contributed by atoms with Gasteiger partial charge in [-0.2, -0.15) is 0 Å². The maximum absolute atomic E-state index is 10.5. The largest absolute Gasteiger partial charge is 0.227 e. The second kappa shape index (κ2) is 2.29. The van der Waals surface area contributed by atoms with Gasteiger partial charge in [0, 0.05) is 4.88 Å². The van der Waals surface area contributed by atoms with Gasteiger partial charge in [-0.05, 0) is 18.4 Å². The van der Waals surface area contributed by atoms with Crippen LogP contribution < -0.4 is 0 Å². The van der Waals surface area contributed by atoms with Crippen molar-refractivity contribution in [1.82, 2.24) is 0 Å². The van der Waals surface area contributed by atoms with E-state index < -0.39 is 6.10 Å². The summed E-state index contributed by atoms with van der Waals surface area (Å²) in [6.07, 6.45) is -0.796. The third-order valence-corrected chi connectivity index (χ3v) is 1.82. The number of hydrogen-bond acceptors (Lipinski definition) is 1. The highest BCUT2D eigenvalue weighted by Gasteiger charge is 2.00. The Kier molecular flexibility index (Phi) is 1.65. The normalized spacial score (nSPS) is 13.8. The van der Waals surface area contributed by atoms with E-state index in [1.807, 2.05) is 11.4 Å². The maximum Gasteiger partial charge on any atom is 0.127 e. The van der Waals surface area contributed by atoms with E-state index in [4.69, 9.17) is 0 Å². The Hall–Kier alpha value is -0.340. The minimum Gasteiger partial charge on any atom is -0.227 e. The van der Waals surface area contributed by atoms with Crippen LogP contribution in [-0.2, 0) is 5.11 Å². The van der Waals surface area contributed by atoms with Gasteiger partial charge in [0.2, 0.25) is 0 Å². The zero-order valence-electron chi connectivity index (χ0n) is 4.33. The average molecular weight is 126 g/mol. The molecular formula is C6H6OS. The maximum atomic E-state index is 10.5. The molecular weight excluding hydrogens is 120 g/mol. The molecule has 1 atom stereocenters. The van der Waals surface area contributed by atoms with E-state index in [0.29, 0.717) is 0 Å². The Bertz CT molecular complexity index is 144. The predicted octanol–water partition coefficient (Wildman–Crippen LogP) is 2.05. The molecule has 1 unspecified atom stereocenters. The molecule has 0 bridgehead atoms. The molecule has 1 nitrogen and oxygen atoms in total. The fraction of sp³-hybridized carbons (Fsp3) is 0.167. The van der Waals surface area contributed by atoms with Gasteiger partial charge in [-0.3, -0.25) is 0 Å². The summed E-state index contributed by atoms with van der Waals surface area (Å²) in [7, 11) is 0. The summed E-state index contributed by atoms with van der Waals surface area (Å²) in [5.74, 6) is 0. The SMILES string of the molecule is [CH2]C([O])c1cccs1. The molecule has 0 spiro atoms. The van der Waals surface area contributed by atoms with Crippen LogP contribution in [0.15, 0.2) is 17.5 Å². The van der Waals surface area contributed by atoms with Crippen LogP contribution in [0.5, 0.6) is 0 Å². The van der Waals surface area contributed by atoms with E-state index in [0.717, 1.165) is 4.88 Å². The molecule has 1 rings (SSSR count). The van der Waals surface area contributed by atoms with Crippen LogP contribution >= 0.6 is 11.3 Å². The highest BCUT2D eigenvalue weighted by atomic mass is 32.1. The molecule has 0 aliphatic rings. The third-order valence-electron chi connectivity index (χ3n) is 0.861. The van der Waals surface area contributed by atoms with Gasteiger partial charge in [0.1, 0.15) is 6.10 Å². The molecule has 8 heavy (non-hydrogen) atoms. The van der Waals surface area contributed by atoms with E-state index in [1.54, 1.807) is 6.07 Å². The molecule has 1 heterocycles. The monoisotopic (exact) mass is 126 g/mol. The molecule has 0 amide bonds. The van der Waals surface area contributed by atoms with Gasteiger partial charge in [0.05, 0.1) is 0 Å². The summed E-state index contributed by atoms with van der Waals surface area (Å²) < 4.78 is 0. The van der Waals surface area contributed by atoms with Gasteiger partial charge in [0.15, 0.2) is 0 Å². The minimum absolute atomic E-state index is 0.796. The Morgan fingerprint density at radius 3 is 2.75 bits per heavy atom. The fourth-order valence-corrected chi connectivity index (χ4v) is 1.10. The molecule has 2 heteroatoms. The van der Waals surface area contributed by atoms with Gasteiger partial charge < -0.3 is 0 Å². The van der Waals surface area contributed by atoms with Crippen molar-refractivity contribution < 1.29 is 5.11 Å². The second-order valence-corrected chi connectivity index (χ2v) is 2.48. The topological polar surface area (TPSA) is 19.9 Å². The molecule has 1 aromatic heterocycles. The molecule has 0 aliphatic carbocycles. The quantitative estimate of drug-likeness (QED) is 0.549. The first-order valence-electron chi connectivity index (χ1n) is 2.33. The summed E-state index contributed by atoms with van der Waals surface area (Å²) in [5.41, 5.74) is 0. The molecule has 0 saturated carbocycles. The lowest BCUT2D eigenvalue weighted by Crippen LogP contribution is -1.80. The molecule has 0 aromatic carbocycles. The summed E-state index contributed by atoms with van der Waals surface area (Å²) in [6, 6.07) is 3.66. The number of hydrogen-bond donors (Lipinski definition) is 0. The highest BCUT2D eigenvalue weighted by Crippen LogP contribution is 2.17. The Balaban J connectivity index is 2.77. The lowest BCUT2D eigenvalue weighted by Gasteiger charge is -1.91. The summed E-state index contributed by atoms with van der Waals surface area (Å²) >= 11 is 1.46. The van der Waals surface area contributed by atoms with Crippen molar-refractivity contribution >= 4 is 11.3 Å². The van der Waals surface area contributed by atoms with Crippen LogP contribution in [0.3, 0.4) is 0 Å². The predicted molar refractivity (Wildman–Crippen MR) is 33.1 cm³/mol. The van der Waals surface area contributed by atoms with Crippen LogP contribution in [0.4, 0.5) is 0 Å². The first-order chi connectivity index (χ1) is 3.80. The van der Waals surface area contributed by atoms with Crippen molar-refractivity contribution in [2.45, 2.75) is 6.10 Å². The standard InChI is InChI=1S/C6H6OS/c1-5(7)6-3-2-4-8-6/h2-5H,1H2. The summed E-state index contributed by atoms with van der Waals surface area (Å²) in [6.45, 7) is 3.34. The first-order valence-corrected chi connectivity index (χ1v) is 3.21.